The van der Waals surface area contributed by atoms with Crippen molar-refractivity contribution >= 4 is 11.6 Å². The number of hydrogen-bond acceptors (Lipinski definition) is 3. The Balaban J connectivity index is 1.61. The SMILES string of the molecule is Cc1ccccc1Cc1c(C)nc2c(C(=O)NCc3ccc(F)cc3)cnn2c1C. The number of halogens is 1. The van der Waals surface area contributed by atoms with Gasteiger partial charge in [0, 0.05) is 24.4 Å². The number of benzene rings is 2. The lowest BCUT2D eigenvalue weighted by Crippen LogP contribution is -2.23. The summed E-state index contributed by atoms with van der Waals surface area (Å²) in [5.41, 5.74) is 7.22. The number of rotatable bonds is 5. The van der Waals surface area contributed by atoms with Crippen LogP contribution in [0.15, 0.2) is 54.7 Å². The minimum Gasteiger partial charge on any atom is -0.348 e. The molecule has 152 valence electrons. The second kappa shape index (κ2) is 8.06. The molecule has 0 saturated heterocycles. The van der Waals surface area contributed by atoms with Gasteiger partial charge in [-0.25, -0.2) is 13.9 Å². The molecular formula is C24H23FN4O. The van der Waals surface area contributed by atoms with Crippen molar-refractivity contribution in [2.75, 3.05) is 0 Å². The van der Waals surface area contributed by atoms with Gasteiger partial charge in [-0.05, 0) is 55.2 Å². The van der Waals surface area contributed by atoms with Crippen LogP contribution in [0.25, 0.3) is 5.65 Å². The first kappa shape index (κ1) is 19.8. The van der Waals surface area contributed by atoms with Crippen molar-refractivity contribution in [2.24, 2.45) is 0 Å². The number of carbonyl (C=O) groups is 1. The Labute approximate surface area is 174 Å². The number of aromatic nitrogens is 3. The summed E-state index contributed by atoms with van der Waals surface area (Å²) in [5, 5.41) is 7.27. The van der Waals surface area contributed by atoms with Crippen LogP contribution in [-0.4, -0.2) is 20.5 Å². The van der Waals surface area contributed by atoms with Crippen molar-refractivity contribution in [3.8, 4) is 0 Å². The summed E-state index contributed by atoms with van der Waals surface area (Å²) < 4.78 is 14.8. The Morgan fingerprint density at radius 2 is 1.80 bits per heavy atom. The van der Waals surface area contributed by atoms with E-state index >= 15 is 0 Å². The quantitative estimate of drug-likeness (QED) is 0.541. The van der Waals surface area contributed by atoms with E-state index in [0.717, 1.165) is 28.9 Å². The Kier molecular flexibility index (Phi) is 5.31. The second-order valence-corrected chi connectivity index (χ2v) is 7.47. The zero-order valence-electron chi connectivity index (χ0n) is 17.2. The van der Waals surface area contributed by atoms with Crippen LogP contribution in [0, 0.1) is 26.6 Å². The van der Waals surface area contributed by atoms with Crippen LogP contribution in [0.5, 0.6) is 0 Å². The van der Waals surface area contributed by atoms with Crippen LogP contribution in [0.1, 0.15) is 44.0 Å². The molecular weight excluding hydrogens is 379 g/mol. The van der Waals surface area contributed by atoms with Crippen LogP contribution in [-0.2, 0) is 13.0 Å². The van der Waals surface area contributed by atoms with E-state index in [1.165, 1.54) is 23.3 Å². The lowest BCUT2D eigenvalue weighted by molar-refractivity contribution is 0.0952. The zero-order chi connectivity index (χ0) is 21.3. The number of aryl methyl sites for hydroxylation is 3. The Morgan fingerprint density at radius 3 is 2.53 bits per heavy atom. The molecule has 1 amide bonds. The fourth-order valence-corrected chi connectivity index (χ4v) is 3.61. The third-order valence-corrected chi connectivity index (χ3v) is 5.45. The van der Waals surface area contributed by atoms with Crippen LogP contribution < -0.4 is 5.32 Å². The minimum atomic E-state index is -0.302. The summed E-state index contributed by atoms with van der Waals surface area (Å²) in [7, 11) is 0. The highest BCUT2D eigenvalue weighted by Gasteiger charge is 2.18. The van der Waals surface area contributed by atoms with Crippen LogP contribution in [0.4, 0.5) is 4.39 Å². The smallest absolute Gasteiger partial charge is 0.257 e. The largest absolute Gasteiger partial charge is 0.348 e. The van der Waals surface area contributed by atoms with Gasteiger partial charge in [0.2, 0.25) is 0 Å². The lowest BCUT2D eigenvalue weighted by Gasteiger charge is -2.13. The molecule has 4 rings (SSSR count). The van der Waals surface area contributed by atoms with Gasteiger partial charge in [-0.15, -0.1) is 0 Å². The van der Waals surface area contributed by atoms with Crippen molar-refractivity contribution in [2.45, 2.75) is 33.7 Å². The van der Waals surface area contributed by atoms with E-state index in [9.17, 15) is 9.18 Å². The van der Waals surface area contributed by atoms with Crippen molar-refractivity contribution < 1.29 is 9.18 Å². The first-order chi connectivity index (χ1) is 14.4. The van der Waals surface area contributed by atoms with E-state index in [2.05, 4.69) is 29.5 Å². The molecule has 0 unspecified atom stereocenters. The summed E-state index contributed by atoms with van der Waals surface area (Å²) in [4.78, 5) is 17.4. The molecule has 5 nitrogen and oxygen atoms in total. The number of amides is 1. The second-order valence-electron chi connectivity index (χ2n) is 7.47. The number of nitrogens with one attached hydrogen (secondary N) is 1. The average molecular weight is 402 g/mol. The third-order valence-electron chi connectivity index (χ3n) is 5.45. The molecule has 0 aliphatic heterocycles. The zero-order valence-corrected chi connectivity index (χ0v) is 17.2. The molecule has 0 saturated carbocycles. The van der Waals surface area contributed by atoms with Crippen molar-refractivity contribution in [1.82, 2.24) is 19.9 Å². The summed E-state index contributed by atoms with van der Waals surface area (Å²) >= 11 is 0. The van der Waals surface area contributed by atoms with E-state index in [4.69, 9.17) is 4.98 Å². The predicted octanol–water partition coefficient (Wildman–Crippen LogP) is 4.31. The summed E-state index contributed by atoms with van der Waals surface area (Å²) in [5.74, 6) is -0.559. The summed E-state index contributed by atoms with van der Waals surface area (Å²) in [6.45, 7) is 6.37. The van der Waals surface area contributed by atoms with Gasteiger partial charge in [-0.1, -0.05) is 36.4 Å². The molecule has 0 atom stereocenters. The Hall–Kier alpha value is -3.54. The van der Waals surface area contributed by atoms with Gasteiger partial charge in [0.25, 0.3) is 5.91 Å². The first-order valence-corrected chi connectivity index (χ1v) is 9.85. The van der Waals surface area contributed by atoms with Gasteiger partial charge in [0.1, 0.15) is 11.4 Å². The standard InChI is InChI=1S/C24H23FN4O/c1-15-6-4-5-7-19(15)12-21-16(2)28-23-22(14-27-29(23)17(21)3)24(30)26-13-18-8-10-20(25)11-9-18/h4-11,14H,12-13H2,1-3H3,(H,26,30). The molecule has 30 heavy (non-hydrogen) atoms. The Morgan fingerprint density at radius 1 is 1.07 bits per heavy atom. The normalized spacial score (nSPS) is 11.1. The highest BCUT2D eigenvalue weighted by molar-refractivity contribution is 5.99. The fraction of sp³-hybridized carbons (Fsp3) is 0.208. The molecule has 2 aromatic heterocycles. The fourth-order valence-electron chi connectivity index (χ4n) is 3.61. The lowest BCUT2D eigenvalue weighted by atomic mass is 9.99. The van der Waals surface area contributed by atoms with E-state index in [1.807, 2.05) is 26.0 Å². The number of fused-ring (bicyclic) bond motifs is 1. The maximum Gasteiger partial charge on any atom is 0.257 e. The molecule has 1 N–H and O–H groups in total. The number of carbonyl (C=O) groups excluding carboxylic acids is 1. The molecule has 0 aliphatic rings. The maximum absolute atomic E-state index is 13.0. The minimum absolute atomic E-state index is 0.257. The monoisotopic (exact) mass is 402 g/mol. The molecule has 0 aliphatic carbocycles. The highest BCUT2D eigenvalue weighted by atomic mass is 19.1. The predicted molar refractivity (Wildman–Crippen MR) is 114 cm³/mol. The van der Waals surface area contributed by atoms with Crippen LogP contribution in [0.2, 0.25) is 0 Å². The molecule has 0 spiro atoms. The van der Waals surface area contributed by atoms with Gasteiger partial charge in [0.05, 0.1) is 6.20 Å². The molecule has 0 fully saturated rings. The van der Waals surface area contributed by atoms with Crippen molar-refractivity contribution in [3.63, 3.8) is 0 Å². The number of hydrogen-bond donors (Lipinski definition) is 1. The molecule has 4 aromatic rings. The van der Waals surface area contributed by atoms with Crippen LogP contribution in [0.3, 0.4) is 0 Å². The van der Waals surface area contributed by atoms with Gasteiger partial charge < -0.3 is 5.32 Å². The van der Waals surface area contributed by atoms with E-state index in [0.29, 0.717) is 17.8 Å². The van der Waals surface area contributed by atoms with Gasteiger partial charge in [0.15, 0.2) is 5.65 Å². The number of nitrogens with zero attached hydrogens (tertiary/aromatic N) is 3. The van der Waals surface area contributed by atoms with E-state index in [1.54, 1.807) is 22.8 Å². The Bertz CT molecular complexity index is 1230. The molecule has 2 aromatic carbocycles. The van der Waals surface area contributed by atoms with E-state index < -0.39 is 0 Å². The molecule has 6 heteroatoms. The average Bonchev–Trinajstić information content (AvgIpc) is 3.15. The van der Waals surface area contributed by atoms with Crippen molar-refractivity contribution in [1.29, 1.82) is 0 Å². The van der Waals surface area contributed by atoms with Crippen LogP contribution >= 0.6 is 0 Å². The molecule has 0 bridgehead atoms. The van der Waals surface area contributed by atoms with E-state index in [-0.39, 0.29) is 11.7 Å². The molecule has 2 heterocycles. The maximum atomic E-state index is 13.0. The highest BCUT2D eigenvalue weighted by Crippen LogP contribution is 2.21. The van der Waals surface area contributed by atoms with Gasteiger partial charge in [-0.2, -0.15) is 5.10 Å². The summed E-state index contributed by atoms with van der Waals surface area (Å²) in [6, 6.07) is 14.3. The summed E-state index contributed by atoms with van der Waals surface area (Å²) in [6.07, 6.45) is 2.31. The third kappa shape index (κ3) is 3.81. The van der Waals surface area contributed by atoms with Crippen molar-refractivity contribution in [3.05, 3.63) is 99.8 Å². The van der Waals surface area contributed by atoms with Gasteiger partial charge in [-0.3, -0.25) is 4.79 Å². The molecule has 0 radical (unpaired) electrons. The van der Waals surface area contributed by atoms with Gasteiger partial charge >= 0.3 is 0 Å². The topological polar surface area (TPSA) is 59.3 Å². The first-order valence-electron chi connectivity index (χ1n) is 9.85.